The third kappa shape index (κ3) is 14.1. The number of benzene rings is 4. The van der Waals surface area contributed by atoms with Crippen molar-refractivity contribution >= 4 is 0 Å². The molecule has 0 spiro atoms. The molecule has 286 valence electrons. The number of hydrogen-bond donors (Lipinski definition) is 2. The first-order chi connectivity index (χ1) is 22.7. The Bertz CT molecular complexity index is 1630. The molecule has 0 saturated carbocycles. The van der Waals surface area contributed by atoms with Gasteiger partial charge >= 0.3 is 0 Å². The minimum atomic E-state index is -0.375. The SMILES string of the molecule is C.C.C.CC(C)c1nnc(-c2[c-]cccc2)n1-c1ccccc1.CC(C)c1nnc(-c2ccccc2)n1-c1ccccc1.CC(O)CC(C)O.[Ir].[Ir]. The molecule has 10 heteroatoms. The third-order valence-corrected chi connectivity index (χ3v) is 7.10. The van der Waals surface area contributed by atoms with Gasteiger partial charge in [0.15, 0.2) is 5.82 Å². The summed E-state index contributed by atoms with van der Waals surface area (Å²) in [5.74, 6) is 4.29. The van der Waals surface area contributed by atoms with E-state index in [9.17, 15) is 0 Å². The summed E-state index contributed by atoms with van der Waals surface area (Å²) in [6.45, 7) is 11.8. The standard InChI is InChI=1S/C17H17N3.C17H16N3.C5H12O2.3CH4.2Ir/c2*1-13(2)16-18-19-17(14-9-5-3-6-10-14)20(16)15-11-7-4-8-12-15;1-4(6)3-5(2)7;;;;;/h3-13H,1-2H3;3-9,11-13H,1-2H3;4-7H,3H2,1-2H3;3*1H4;;/q;-1;;;;;;. The molecule has 4 aromatic carbocycles. The second-order valence-corrected chi connectivity index (χ2v) is 12.0. The molecule has 0 aliphatic rings. The van der Waals surface area contributed by atoms with E-state index in [-0.39, 0.29) is 74.7 Å². The van der Waals surface area contributed by atoms with E-state index in [1.165, 1.54) is 0 Å². The van der Waals surface area contributed by atoms with Crippen LogP contribution in [-0.4, -0.2) is 51.9 Å². The van der Waals surface area contributed by atoms with Crippen molar-refractivity contribution in [1.82, 2.24) is 29.5 Å². The summed E-state index contributed by atoms with van der Waals surface area (Å²) in [6, 6.07) is 41.7. The molecule has 6 aromatic rings. The smallest absolute Gasteiger partial charge is 0.168 e. The van der Waals surface area contributed by atoms with Crippen molar-refractivity contribution in [3.8, 4) is 34.2 Å². The Kier molecular flexibility index (Phi) is 24.6. The molecule has 0 bridgehead atoms. The summed E-state index contributed by atoms with van der Waals surface area (Å²) >= 11 is 0. The molecule has 0 aliphatic heterocycles. The second-order valence-electron chi connectivity index (χ2n) is 12.0. The van der Waals surface area contributed by atoms with Crippen LogP contribution in [-0.2, 0) is 40.2 Å². The van der Waals surface area contributed by atoms with Gasteiger partial charge in [-0.3, -0.25) is 4.57 Å². The van der Waals surface area contributed by atoms with E-state index < -0.39 is 0 Å². The Hall–Kier alpha value is -3.62. The minimum Gasteiger partial charge on any atom is -0.393 e. The number of hydrogen-bond acceptors (Lipinski definition) is 6. The van der Waals surface area contributed by atoms with Gasteiger partial charge in [-0.1, -0.05) is 117 Å². The van der Waals surface area contributed by atoms with E-state index in [4.69, 9.17) is 10.2 Å². The van der Waals surface area contributed by atoms with Crippen molar-refractivity contribution in [3.63, 3.8) is 0 Å². The zero-order valence-corrected chi connectivity index (χ0v) is 33.5. The molecule has 2 heterocycles. The summed E-state index contributed by atoms with van der Waals surface area (Å²) in [5, 5.41) is 34.6. The van der Waals surface area contributed by atoms with Crippen molar-refractivity contribution in [2.45, 2.75) is 94.3 Å². The van der Waals surface area contributed by atoms with Crippen LogP contribution in [0.3, 0.4) is 0 Å². The van der Waals surface area contributed by atoms with Crippen LogP contribution in [0.25, 0.3) is 34.2 Å². The first kappa shape index (κ1) is 50.5. The van der Waals surface area contributed by atoms with Crippen LogP contribution in [0, 0.1) is 6.07 Å². The average Bonchev–Trinajstić information content (AvgIpc) is 3.73. The molecule has 2 radical (unpaired) electrons. The fourth-order valence-corrected chi connectivity index (χ4v) is 4.98. The van der Waals surface area contributed by atoms with Crippen molar-refractivity contribution in [2.75, 3.05) is 0 Å². The predicted octanol–water partition coefficient (Wildman–Crippen LogP) is 9.96. The number of aliphatic hydroxyl groups is 2. The van der Waals surface area contributed by atoms with E-state index in [1.807, 2.05) is 78.9 Å². The number of aromatic nitrogens is 6. The summed E-state index contributed by atoms with van der Waals surface area (Å²) in [6.07, 6.45) is -0.278. The minimum absolute atomic E-state index is 0. The molecule has 0 saturated heterocycles. The van der Waals surface area contributed by atoms with Crippen molar-refractivity contribution in [3.05, 3.63) is 133 Å². The fourth-order valence-electron chi connectivity index (χ4n) is 4.98. The Morgan fingerprint density at radius 1 is 0.519 bits per heavy atom. The van der Waals surface area contributed by atoms with E-state index in [0.29, 0.717) is 18.3 Å². The Morgan fingerprint density at radius 3 is 1.27 bits per heavy atom. The average molecular weight is 1060 g/mol. The summed E-state index contributed by atoms with van der Waals surface area (Å²) < 4.78 is 4.25. The van der Waals surface area contributed by atoms with Crippen molar-refractivity contribution in [1.29, 1.82) is 0 Å². The van der Waals surface area contributed by atoms with Crippen LogP contribution in [0.15, 0.2) is 115 Å². The van der Waals surface area contributed by atoms with Crippen LogP contribution < -0.4 is 0 Å². The number of nitrogens with zero attached hydrogens (tertiary/aromatic N) is 6. The van der Waals surface area contributed by atoms with Gasteiger partial charge in [-0.25, -0.2) is 0 Å². The van der Waals surface area contributed by atoms with E-state index >= 15 is 0 Å². The summed E-state index contributed by atoms with van der Waals surface area (Å²) in [4.78, 5) is 0. The third-order valence-electron chi connectivity index (χ3n) is 7.10. The first-order valence-electron chi connectivity index (χ1n) is 16.1. The topological polar surface area (TPSA) is 102 Å². The molecule has 2 aromatic heterocycles. The van der Waals surface area contributed by atoms with Crippen LogP contribution in [0.1, 0.15) is 93.7 Å². The maximum absolute atomic E-state index is 8.56. The van der Waals surface area contributed by atoms with Gasteiger partial charge in [-0.15, -0.1) is 51.2 Å². The second kappa shape index (κ2) is 25.4. The molecule has 0 amide bonds. The molecule has 2 atom stereocenters. The monoisotopic (exact) mass is 1060 g/mol. The Morgan fingerprint density at radius 2 is 0.904 bits per heavy atom. The maximum Gasteiger partial charge on any atom is 0.168 e. The molecule has 52 heavy (non-hydrogen) atoms. The van der Waals surface area contributed by atoms with Gasteiger partial charge in [0, 0.05) is 69.0 Å². The fraction of sp³-hybridized carbons (Fsp3) is 0.333. The van der Waals surface area contributed by atoms with Gasteiger partial charge in [-0.2, -0.15) is 5.10 Å². The molecular weight excluding hydrogens is 1000 g/mol. The molecular formula is C42H57Ir2N6O2-. The molecule has 2 unspecified atom stereocenters. The number of para-hydroxylation sites is 2. The van der Waals surface area contributed by atoms with Crippen LogP contribution in [0.2, 0.25) is 0 Å². The number of aliphatic hydroxyl groups excluding tert-OH is 2. The van der Waals surface area contributed by atoms with E-state index in [0.717, 1.165) is 45.8 Å². The zero-order chi connectivity index (χ0) is 33.8. The van der Waals surface area contributed by atoms with Crippen LogP contribution >= 0.6 is 0 Å². The first-order valence-corrected chi connectivity index (χ1v) is 16.1. The largest absolute Gasteiger partial charge is 0.393 e. The van der Waals surface area contributed by atoms with Gasteiger partial charge in [-0.05, 0) is 44.5 Å². The maximum atomic E-state index is 8.56. The molecule has 2 N–H and O–H groups in total. The van der Waals surface area contributed by atoms with E-state index in [2.05, 4.69) is 99.7 Å². The molecule has 0 fully saturated rings. The number of rotatable bonds is 8. The van der Waals surface area contributed by atoms with Gasteiger partial charge in [0.1, 0.15) is 11.6 Å². The summed E-state index contributed by atoms with van der Waals surface area (Å²) in [7, 11) is 0. The quantitative estimate of drug-likeness (QED) is 0.147. The Balaban J connectivity index is 0. The van der Waals surface area contributed by atoms with Gasteiger partial charge in [0.05, 0.1) is 18.0 Å². The normalized spacial score (nSPS) is 11.0. The predicted molar refractivity (Wildman–Crippen MR) is 209 cm³/mol. The molecule has 6 rings (SSSR count). The van der Waals surface area contributed by atoms with Crippen molar-refractivity contribution < 1.29 is 50.4 Å². The van der Waals surface area contributed by atoms with Gasteiger partial charge in [0.2, 0.25) is 0 Å². The van der Waals surface area contributed by atoms with Gasteiger partial charge in [0.25, 0.3) is 0 Å². The van der Waals surface area contributed by atoms with Crippen LogP contribution in [0.5, 0.6) is 0 Å². The van der Waals surface area contributed by atoms with E-state index in [1.54, 1.807) is 13.8 Å². The zero-order valence-electron chi connectivity index (χ0n) is 28.7. The van der Waals surface area contributed by atoms with Crippen LogP contribution in [0.4, 0.5) is 0 Å². The molecule has 8 nitrogen and oxygen atoms in total. The van der Waals surface area contributed by atoms with Crippen molar-refractivity contribution in [2.24, 2.45) is 0 Å². The Labute approximate surface area is 339 Å². The van der Waals surface area contributed by atoms with Gasteiger partial charge < -0.3 is 14.8 Å². The summed E-state index contributed by atoms with van der Waals surface area (Å²) in [5.41, 5.74) is 4.21. The molecule has 0 aliphatic carbocycles.